The third-order valence-corrected chi connectivity index (χ3v) is 4.72. The van der Waals surface area contributed by atoms with Crippen molar-refractivity contribution in [3.63, 3.8) is 0 Å². The minimum atomic E-state index is -0.241. The van der Waals surface area contributed by atoms with Crippen LogP contribution in [0.3, 0.4) is 0 Å². The van der Waals surface area contributed by atoms with Gasteiger partial charge in [-0.05, 0) is 49.2 Å². The number of hydrogen-bond donors (Lipinski definition) is 1. The van der Waals surface area contributed by atoms with Gasteiger partial charge in [-0.1, -0.05) is 18.2 Å². The minimum absolute atomic E-state index is 0.0590. The van der Waals surface area contributed by atoms with E-state index in [0.29, 0.717) is 10.9 Å². The van der Waals surface area contributed by atoms with Gasteiger partial charge in [0.25, 0.3) is 5.91 Å². The van der Waals surface area contributed by atoms with E-state index in [0.717, 1.165) is 22.6 Å². The molecule has 0 spiro atoms. The third kappa shape index (κ3) is 4.40. The number of anilines is 1. The van der Waals surface area contributed by atoms with Gasteiger partial charge >= 0.3 is 0 Å². The predicted octanol–water partition coefficient (Wildman–Crippen LogP) is 4.45. The molecule has 3 rings (SSSR count). The first-order valence-corrected chi connectivity index (χ1v) is 9.03. The van der Waals surface area contributed by atoms with Gasteiger partial charge < -0.3 is 9.47 Å². The molecule has 1 N–H and O–H groups in total. The molecular formula is C20H20N2O3S. The number of benzene rings is 2. The van der Waals surface area contributed by atoms with E-state index in [1.54, 1.807) is 7.11 Å². The molecule has 1 amide bonds. The first kappa shape index (κ1) is 17.9. The summed E-state index contributed by atoms with van der Waals surface area (Å²) in [6.07, 6.45) is 0. The predicted molar refractivity (Wildman–Crippen MR) is 104 cm³/mol. The van der Waals surface area contributed by atoms with Crippen LogP contribution in [-0.2, 0) is 4.79 Å². The molecule has 0 saturated carbocycles. The van der Waals surface area contributed by atoms with Gasteiger partial charge in [-0.15, -0.1) is 11.3 Å². The Labute approximate surface area is 156 Å². The maximum Gasteiger partial charge on any atom is 0.264 e. The topological polar surface area (TPSA) is 60.5 Å². The van der Waals surface area contributed by atoms with Gasteiger partial charge in [0.1, 0.15) is 11.5 Å². The van der Waals surface area contributed by atoms with Crippen LogP contribution < -0.4 is 14.8 Å². The van der Waals surface area contributed by atoms with E-state index in [2.05, 4.69) is 10.3 Å². The molecule has 0 atom stereocenters. The molecule has 0 aliphatic heterocycles. The highest BCUT2D eigenvalue weighted by molar-refractivity contribution is 7.14. The first-order chi connectivity index (χ1) is 12.5. The van der Waals surface area contributed by atoms with E-state index in [4.69, 9.17) is 9.47 Å². The number of rotatable bonds is 6. The number of amides is 1. The summed E-state index contributed by atoms with van der Waals surface area (Å²) in [7, 11) is 1.63. The number of aryl methyl sites for hydroxylation is 2. The molecule has 3 aromatic rings. The molecule has 2 aromatic carbocycles. The number of aromatic nitrogens is 1. The molecule has 0 bridgehead atoms. The zero-order valence-corrected chi connectivity index (χ0v) is 15.7. The Morgan fingerprint density at radius 1 is 1.12 bits per heavy atom. The van der Waals surface area contributed by atoms with Crippen LogP contribution in [0.2, 0.25) is 0 Å². The van der Waals surface area contributed by atoms with Gasteiger partial charge in [0.2, 0.25) is 0 Å². The number of carbonyl (C=O) groups excluding carboxylic acids is 1. The maximum absolute atomic E-state index is 12.1. The lowest BCUT2D eigenvalue weighted by Crippen LogP contribution is -2.20. The Hall–Kier alpha value is -2.86. The van der Waals surface area contributed by atoms with Gasteiger partial charge in [0, 0.05) is 10.9 Å². The van der Waals surface area contributed by atoms with Crippen LogP contribution in [0.1, 0.15) is 11.1 Å². The Balaban J connectivity index is 1.59. The second kappa shape index (κ2) is 8.01. The van der Waals surface area contributed by atoms with Crippen molar-refractivity contribution in [1.82, 2.24) is 4.98 Å². The molecule has 0 aliphatic carbocycles. The monoisotopic (exact) mass is 368 g/mol. The summed E-state index contributed by atoms with van der Waals surface area (Å²) >= 11 is 1.37. The van der Waals surface area contributed by atoms with Crippen LogP contribution in [-0.4, -0.2) is 24.6 Å². The number of nitrogens with one attached hydrogen (secondary N) is 1. The van der Waals surface area contributed by atoms with Crippen LogP contribution in [0.5, 0.6) is 11.5 Å². The van der Waals surface area contributed by atoms with Gasteiger partial charge in [-0.2, -0.15) is 0 Å². The average Bonchev–Trinajstić information content (AvgIpc) is 3.11. The van der Waals surface area contributed by atoms with Crippen molar-refractivity contribution in [3.8, 4) is 22.8 Å². The quantitative estimate of drug-likeness (QED) is 0.698. The second-order valence-corrected chi connectivity index (χ2v) is 6.71. The lowest BCUT2D eigenvalue weighted by molar-refractivity contribution is -0.118. The third-order valence-electron chi connectivity index (χ3n) is 3.96. The molecule has 1 aromatic heterocycles. The summed E-state index contributed by atoms with van der Waals surface area (Å²) in [5.41, 5.74) is 4.05. The normalized spacial score (nSPS) is 10.4. The number of methoxy groups -OCH3 is 1. The number of carbonyl (C=O) groups is 1. The highest BCUT2D eigenvalue weighted by atomic mass is 32.1. The van der Waals surface area contributed by atoms with Gasteiger partial charge in [-0.25, -0.2) is 4.98 Å². The van der Waals surface area contributed by atoms with Crippen molar-refractivity contribution in [1.29, 1.82) is 0 Å². The molecule has 1 heterocycles. The van der Waals surface area contributed by atoms with Crippen molar-refractivity contribution in [2.24, 2.45) is 0 Å². The van der Waals surface area contributed by atoms with Crippen molar-refractivity contribution in [2.75, 3.05) is 19.0 Å². The zero-order chi connectivity index (χ0) is 18.5. The Bertz CT molecular complexity index is 921. The number of ether oxygens (including phenoxy) is 2. The Kier molecular flexibility index (Phi) is 5.53. The zero-order valence-electron chi connectivity index (χ0n) is 14.9. The highest BCUT2D eigenvalue weighted by Crippen LogP contribution is 2.27. The van der Waals surface area contributed by atoms with Crippen molar-refractivity contribution in [3.05, 3.63) is 59.0 Å². The summed E-state index contributed by atoms with van der Waals surface area (Å²) < 4.78 is 10.8. The SMILES string of the molecule is COc1cccc(-c2csc(NC(=O)COc3ccc(C)c(C)c3)n2)c1. The molecule has 0 unspecified atom stereocenters. The van der Waals surface area contributed by atoms with Crippen molar-refractivity contribution < 1.29 is 14.3 Å². The van der Waals surface area contributed by atoms with E-state index < -0.39 is 0 Å². The molecule has 0 fully saturated rings. The Morgan fingerprint density at radius 2 is 1.96 bits per heavy atom. The number of hydrogen-bond acceptors (Lipinski definition) is 5. The van der Waals surface area contributed by atoms with E-state index >= 15 is 0 Å². The van der Waals surface area contributed by atoms with E-state index in [1.165, 1.54) is 16.9 Å². The largest absolute Gasteiger partial charge is 0.497 e. The highest BCUT2D eigenvalue weighted by Gasteiger charge is 2.09. The molecular weight excluding hydrogens is 348 g/mol. The van der Waals surface area contributed by atoms with Crippen LogP contribution in [0.4, 0.5) is 5.13 Å². The van der Waals surface area contributed by atoms with E-state index in [-0.39, 0.29) is 12.5 Å². The fourth-order valence-electron chi connectivity index (χ4n) is 2.35. The number of nitrogens with zero attached hydrogens (tertiary/aromatic N) is 1. The van der Waals surface area contributed by atoms with Crippen LogP contribution >= 0.6 is 11.3 Å². The second-order valence-electron chi connectivity index (χ2n) is 5.85. The van der Waals surface area contributed by atoms with Crippen molar-refractivity contribution >= 4 is 22.4 Å². The summed E-state index contributed by atoms with van der Waals surface area (Å²) in [6.45, 7) is 3.99. The van der Waals surface area contributed by atoms with Crippen LogP contribution in [0, 0.1) is 13.8 Å². The van der Waals surface area contributed by atoms with Gasteiger partial charge in [0.05, 0.1) is 12.8 Å². The fourth-order valence-corrected chi connectivity index (χ4v) is 3.09. The molecule has 5 nitrogen and oxygen atoms in total. The number of thiazole rings is 1. The summed E-state index contributed by atoms with van der Waals surface area (Å²) in [6, 6.07) is 13.4. The lowest BCUT2D eigenvalue weighted by Gasteiger charge is -2.08. The molecule has 0 saturated heterocycles. The van der Waals surface area contributed by atoms with Gasteiger partial charge in [0.15, 0.2) is 11.7 Å². The maximum atomic E-state index is 12.1. The standard InChI is InChI=1S/C20H20N2O3S/c1-13-7-8-17(9-14(13)2)25-11-19(23)22-20-21-18(12-26-20)15-5-4-6-16(10-15)24-3/h4-10,12H,11H2,1-3H3,(H,21,22,23). The smallest absolute Gasteiger partial charge is 0.264 e. The molecule has 6 heteroatoms. The average molecular weight is 368 g/mol. The lowest BCUT2D eigenvalue weighted by atomic mass is 10.1. The van der Waals surface area contributed by atoms with Crippen LogP contribution in [0.25, 0.3) is 11.3 Å². The first-order valence-electron chi connectivity index (χ1n) is 8.15. The molecule has 0 radical (unpaired) electrons. The van der Waals surface area contributed by atoms with E-state index in [1.807, 2.05) is 61.7 Å². The Morgan fingerprint density at radius 3 is 2.73 bits per heavy atom. The molecule has 0 aliphatic rings. The van der Waals surface area contributed by atoms with Crippen molar-refractivity contribution in [2.45, 2.75) is 13.8 Å². The molecule has 26 heavy (non-hydrogen) atoms. The summed E-state index contributed by atoms with van der Waals surface area (Å²) in [4.78, 5) is 16.5. The molecule has 134 valence electrons. The fraction of sp³-hybridized carbons (Fsp3) is 0.200. The summed E-state index contributed by atoms with van der Waals surface area (Å²) in [5.74, 6) is 1.21. The van der Waals surface area contributed by atoms with Gasteiger partial charge in [-0.3, -0.25) is 10.1 Å². The van der Waals surface area contributed by atoms with Crippen LogP contribution in [0.15, 0.2) is 47.8 Å². The summed E-state index contributed by atoms with van der Waals surface area (Å²) in [5, 5.41) is 5.20. The van der Waals surface area contributed by atoms with E-state index in [9.17, 15) is 4.79 Å². The minimum Gasteiger partial charge on any atom is -0.497 e.